The van der Waals surface area contributed by atoms with Crippen molar-refractivity contribution in [1.29, 1.82) is 0 Å². The van der Waals surface area contributed by atoms with Gasteiger partial charge in [-0.05, 0) is 45.5 Å². The standard InChI is InChI=1S/C12H18ClNO/c1-10(6-5-9-14-2)15-12-8-4-3-7-11(12)13/h3-4,7-8,10,14H,5-6,9H2,1-2H3. The fraction of sp³-hybridized carbons (Fsp3) is 0.500. The summed E-state index contributed by atoms with van der Waals surface area (Å²) in [6.45, 7) is 3.09. The van der Waals surface area contributed by atoms with Crippen molar-refractivity contribution in [3.8, 4) is 5.75 Å². The number of ether oxygens (including phenoxy) is 1. The molecule has 1 rings (SSSR count). The molecule has 0 aromatic heterocycles. The predicted molar refractivity (Wildman–Crippen MR) is 64.7 cm³/mol. The molecule has 0 amide bonds. The van der Waals surface area contributed by atoms with Crippen molar-refractivity contribution in [3.05, 3.63) is 29.3 Å². The Morgan fingerprint density at radius 1 is 1.40 bits per heavy atom. The van der Waals surface area contributed by atoms with Gasteiger partial charge in [0.2, 0.25) is 0 Å². The summed E-state index contributed by atoms with van der Waals surface area (Å²) in [7, 11) is 1.96. The fourth-order valence-electron chi connectivity index (χ4n) is 1.38. The molecule has 0 aliphatic heterocycles. The zero-order valence-electron chi connectivity index (χ0n) is 9.29. The molecule has 0 spiro atoms. The van der Waals surface area contributed by atoms with Gasteiger partial charge in [-0.15, -0.1) is 0 Å². The molecule has 0 aliphatic rings. The molecule has 0 saturated heterocycles. The molecular weight excluding hydrogens is 210 g/mol. The lowest BCUT2D eigenvalue weighted by atomic mass is 10.2. The lowest BCUT2D eigenvalue weighted by molar-refractivity contribution is 0.208. The summed E-state index contributed by atoms with van der Waals surface area (Å²) in [5.41, 5.74) is 0. The smallest absolute Gasteiger partial charge is 0.138 e. The van der Waals surface area contributed by atoms with Gasteiger partial charge in [0.1, 0.15) is 5.75 Å². The molecule has 0 bridgehead atoms. The van der Waals surface area contributed by atoms with Crippen LogP contribution in [0.15, 0.2) is 24.3 Å². The SMILES string of the molecule is CNCCCC(C)Oc1ccccc1Cl. The number of halogens is 1. The molecule has 1 atom stereocenters. The Hall–Kier alpha value is -0.730. The van der Waals surface area contributed by atoms with Gasteiger partial charge in [-0.25, -0.2) is 0 Å². The monoisotopic (exact) mass is 227 g/mol. The van der Waals surface area contributed by atoms with Gasteiger partial charge in [-0.2, -0.15) is 0 Å². The Bertz CT molecular complexity index is 291. The van der Waals surface area contributed by atoms with Crippen LogP contribution in [-0.2, 0) is 0 Å². The van der Waals surface area contributed by atoms with Crippen LogP contribution in [0.1, 0.15) is 19.8 Å². The molecule has 0 heterocycles. The first-order valence-corrected chi connectivity index (χ1v) is 5.67. The van der Waals surface area contributed by atoms with Crippen LogP contribution < -0.4 is 10.1 Å². The molecule has 0 fully saturated rings. The Balaban J connectivity index is 2.37. The lowest BCUT2D eigenvalue weighted by Crippen LogP contribution is -2.15. The van der Waals surface area contributed by atoms with Crippen LogP contribution in [0, 0.1) is 0 Å². The molecule has 0 radical (unpaired) electrons. The normalized spacial score (nSPS) is 12.5. The Morgan fingerprint density at radius 2 is 2.13 bits per heavy atom. The third-order valence-corrected chi connectivity index (χ3v) is 2.51. The molecular formula is C12H18ClNO. The number of hydrogen-bond donors (Lipinski definition) is 1. The van der Waals surface area contributed by atoms with E-state index < -0.39 is 0 Å². The van der Waals surface area contributed by atoms with Crippen LogP contribution in [-0.4, -0.2) is 19.7 Å². The van der Waals surface area contributed by atoms with Gasteiger partial charge in [-0.3, -0.25) is 0 Å². The largest absolute Gasteiger partial charge is 0.489 e. The van der Waals surface area contributed by atoms with E-state index in [-0.39, 0.29) is 6.10 Å². The van der Waals surface area contributed by atoms with E-state index in [9.17, 15) is 0 Å². The third-order valence-electron chi connectivity index (χ3n) is 2.20. The maximum Gasteiger partial charge on any atom is 0.138 e. The highest BCUT2D eigenvalue weighted by atomic mass is 35.5. The lowest BCUT2D eigenvalue weighted by Gasteiger charge is -2.15. The summed E-state index contributed by atoms with van der Waals surface area (Å²) >= 11 is 5.99. The van der Waals surface area contributed by atoms with E-state index >= 15 is 0 Å². The van der Waals surface area contributed by atoms with Crippen molar-refractivity contribution in [2.24, 2.45) is 0 Å². The number of nitrogens with one attached hydrogen (secondary N) is 1. The van der Waals surface area contributed by atoms with Gasteiger partial charge in [0, 0.05) is 0 Å². The van der Waals surface area contributed by atoms with Crippen molar-refractivity contribution in [1.82, 2.24) is 5.32 Å². The minimum absolute atomic E-state index is 0.207. The summed E-state index contributed by atoms with van der Waals surface area (Å²) in [4.78, 5) is 0. The fourth-order valence-corrected chi connectivity index (χ4v) is 1.56. The van der Waals surface area contributed by atoms with Crippen LogP contribution in [0.3, 0.4) is 0 Å². The van der Waals surface area contributed by atoms with Gasteiger partial charge >= 0.3 is 0 Å². The molecule has 1 aromatic rings. The van der Waals surface area contributed by atoms with Gasteiger partial charge in [0.15, 0.2) is 0 Å². The highest BCUT2D eigenvalue weighted by Crippen LogP contribution is 2.24. The van der Waals surface area contributed by atoms with Crippen molar-refractivity contribution >= 4 is 11.6 Å². The summed E-state index contributed by atoms with van der Waals surface area (Å²) in [5.74, 6) is 0.774. The number of hydrogen-bond acceptors (Lipinski definition) is 2. The molecule has 1 N–H and O–H groups in total. The number of benzene rings is 1. The van der Waals surface area contributed by atoms with Crippen LogP contribution >= 0.6 is 11.6 Å². The highest BCUT2D eigenvalue weighted by molar-refractivity contribution is 6.32. The van der Waals surface area contributed by atoms with Gasteiger partial charge < -0.3 is 10.1 Å². The van der Waals surface area contributed by atoms with E-state index in [0.717, 1.165) is 25.1 Å². The summed E-state index contributed by atoms with van der Waals surface area (Å²) in [6.07, 6.45) is 2.35. The minimum atomic E-state index is 0.207. The second-order valence-corrected chi connectivity index (χ2v) is 4.01. The average molecular weight is 228 g/mol. The molecule has 3 heteroatoms. The van der Waals surface area contributed by atoms with Crippen LogP contribution in [0.4, 0.5) is 0 Å². The van der Waals surface area contributed by atoms with Crippen molar-refractivity contribution in [2.45, 2.75) is 25.9 Å². The van der Waals surface area contributed by atoms with E-state index in [1.165, 1.54) is 0 Å². The van der Waals surface area contributed by atoms with Crippen LogP contribution in [0.25, 0.3) is 0 Å². The molecule has 2 nitrogen and oxygen atoms in total. The van der Waals surface area contributed by atoms with E-state index in [2.05, 4.69) is 12.2 Å². The third kappa shape index (κ3) is 4.54. The molecule has 0 saturated carbocycles. The molecule has 0 aliphatic carbocycles. The molecule has 15 heavy (non-hydrogen) atoms. The van der Waals surface area contributed by atoms with Gasteiger partial charge in [0.05, 0.1) is 11.1 Å². The van der Waals surface area contributed by atoms with E-state index in [4.69, 9.17) is 16.3 Å². The van der Waals surface area contributed by atoms with Crippen LogP contribution in [0.5, 0.6) is 5.75 Å². The second kappa shape index (κ2) is 6.70. The first-order chi connectivity index (χ1) is 7.24. The maximum atomic E-state index is 5.99. The summed E-state index contributed by atoms with van der Waals surface area (Å²) in [5, 5.41) is 3.80. The highest BCUT2D eigenvalue weighted by Gasteiger charge is 2.05. The Labute approximate surface area is 96.6 Å². The van der Waals surface area contributed by atoms with Gasteiger partial charge in [0.25, 0.3) is 0 Å². The van der Waals surface area contributed by atoms with Crippen molar-refractivity contribution in [2.75, 3.05) is 13.6 Å². The number of para-hydroxylation sites is 1. The van der Waals surface area contributed by atoms with E-state index in [1.54, 1.807) is 0 Å². The Morgan fingerprint density at radius 3 is 2.80 bits per heavy atom. The van der Waals surface area contributed by atoms with E-state index in [0.29, 0.717) is 5.02 Å². The molecule has 84 valence electrons. The van der Waals surface area contributed by atoms with Crippen molar-refractivity contribution in [3.63, 3.8) is 0 Å². The maximum absolute atomic E-state index is 5.99. The second-order valence-electron chi connectivity index (χ2n) is 3.60. The zero-order valence-corrected chi connectivity index (χ0v) is 10.1. The quantitative estimate of drug-likeness (QED) is 0.755. The summed E-state index contributed by atoms with van der Waals surface area (Å²) < 4.78 is 5.73. The van der Waals surface area contributed by atoms with Crippen molar-refractivity contribution < 1.29 is 4.74 Å². The zero-order chi connectivity index (χ0) is 11.1. The number of rotatable bonds is 6. The van der Waals surface area contributed by atoms with E-state index in [1.807, 2.05) is 31.3 Å². The molecule has 1 unspecified atom stereocenters. The predicted octanol–water partition coefficient (Wildman–Crippen LogP) is 3.11. The first-order valence-electron chi connectivity index (χ1n) is 5.30. The minimum Gasteiger partial charge on any atom is -0.489 e. The average Bonchev–Trinajstić information content (AvgIpc) is 2.22. The Kier molecular flexibility index (Phi) is 5.51. The topological polar surface area (TPSA) is 21.3 Å². The van der Waals surface area contributed by atoms with Gasteiger partial charge in [-0.1, -0.05) is 23.7 Å². The van der Waals surface area contributed by atoms with Crippen LogP contribution in [0.2, 0.25) is 5.02 Å². The first kappa shape index (κ1) is 12.3. The summed E-state index contributed by atoms with van der Waals surface area (Å²) in [6, 6.07) is 7.58. The molecule has 1 aromatic carbocycles.